The lowest BCUT2D eigenvalue weighted by Crippen LogP contribution is -2.28. The van der Waals surface area contributed by atoms with E-state index in [1.807, 2.05) is 43.3 Å². The van der Waals surface area contributed by atoms with Gasteiger partial charge in [-0.15, -0.1) is 0 Å². The van der Waals surface area contributed by atoms with Crippen LogP contribution in [0.2, 0.25) is 0 Å². The summed E-state index contributed by atoms with van der Waals surface area (Å²) in [5.41, 5.74) is 2.24. The molecule has 0 radical (unpaired) electrons. The lowest BCUT2D eigenvalue weighted by atomic mass is 10.1. The Morgan fingerprint density at radius 1 is 1.07 bits per heavy atom. The molecule has 1 N–H and O–H groups in total. The number of ether oxygens (including phenoxy) is 2. The average Bonchev–Trinajstić information content (AvgIpc) is 3.10. The molecule has 1 fully saturated rings. The van der Waals surface area contributed by atoms with Crippen LogP contribution in [-0.2, 0) is 22.4 Å². The second kappa shape index (κ2) is 9.96. The maximum Gasteiger partial charge on any atom is 0.308 e. The Bertz CT molecular complexity index is 836. The highest BCUT2D eigenvalue weighted by molar-refractivity contribution is 5.86. The largest absolute Gasteiger partial charge is 0.490 e. The molecule has 1 aliphatic heterocycles. The maximum atomic E-state index is 12.0. The zero-order chi connectivity index (χ0) is 20.6. The van der Waals surface area contributed by atoms with Crippen molar-refractivity contribution >= 4 is 11.9 Å². The summed E-state index contributed by atoms with van der Waals surface area (Å²) in [5.74, 6) is -0.203. The summed E-state index contributed by atoms with van der Waals surface area (Å²) < 4.78 is 11.7. The molecule has 154 valence electrons. The fourth-order valence-corrected chi connectivity index (χ4v) is 3.44. The van der Waals surface area contributed by atoms with Gasteiger partial charge in [-0.25, -0.2) is 0 Å². The van der Waals surface area contributed by atoms with Crippen LogP contribution >= 0.6 is 0 Å². The van der Waals surface area contributed by atoms with E-state index in [0.717, 1.165) is 12.0 Å². The molecule has 6 nitrogen and oxygen atoms in total. The fourth-order valence-electron chi connectivity index (χ4n) is 3.44. The molecule has 0 bridgehead atoms. The number of carboxylic acid groups (broad SMARTS) is 1. The van der Waals surface area contributed by atoms with Gasteiger partial charge in [-0.1, -0.05) is 36.4 Å². The summed E-state index contributed by atoms with van der Waals surface area (Å²) in [4.78, 5) is 24.7. The van der Waals surface area contributed by atoms with Crippen molar-refractivity contribution in [2.75, 3.05) is 26.3 Å². The first-order valence-electron chi connectivity index (χ1n) is 10.00. The van der Waals surface area contributed by atoms with Gasteiger partial charge >= 0.3 is 5.97 Å². The van der Waals surface area contributed by atoms with Gasteiger partial charge in [0, 0.05) is 25.9 Å². The van der Waals surface area contributed by atoms with Crippen molar-refractivity contribution in [1.82, 2.24) is 4.90 Å². The van der Waals surface area contributed by atoms with Gasteiger partial charge in [-0.2, -0.15) is 0 Å². The van der Waals surface area contributed by atoms with Crippen LogP contribution in [0.15, 0.2) is 48.5 Å². The summed E-state index contributed by atoms with van der Waals surface area (Å²) >= 11 is 0. The van der Waals surface area contributed by atoms with E-state index in [-0.39, 0.29) is 18.9 Å². The van der Waals surface area contributed by atoms with Gasteiger partial charge in [-0.3, -0.25) is 9.59 Å². The van der Waals surface area contributed by atoms with Crippen LogP contribution in [0.1, 0.15) is 24.5 Å². The molecule has 1 saturated heterocycles. The number of hydrogen-bond acceptors (Lipinski definition) is 4. The van der Waals surface area contributed by atoms with Crippen LogP contribution in [0.25, 0.3) is 0 Å². The van der Waals surface area contributed by atoms with E-state index in [0.29, 0.717) is 37.7 Å². The number of aliphatic carboxylic acids is 1. The molecular formula is C23H27NO5. The lowest BCUT2D eigenvalue weighted by molar-refractivity contribution is -0.141. The topological polar surface area (TPSA) is 76.1 Å². The molecule has 29 heavy (non-hydrogen) atoms. The zero-order valence-electron chi connectivity index (χ0n) is 16.7. The summed E-state index contributed by atoms with van der Waals surface area (Å²) in [6.07, 6.45) is 1.55. The van der Waals surface area contributed by atoms with Gasteiger partial charge in [0.2, 0.25) is 5.91 Å². The van der Waals surface area contributed by atoms with Crippen molar-refractivity contribution in [3.05, 3.63) is 59.7 Å². The molecule has 1 unspecified atom stereocenters. The Morgan fingerprint density at radius 2 is 1.86 bits per heavy atom. The minimum atomic E-state index is -0.906. The molecule has 0 aliphatic carbocycles. The Morgan fingerprint density at radius 3 is 2.55 bits per heavy atom. The van der Waals surface area contributed by atoms with Crippen LogP contribution in [0.3, 0.4) is 0 Å². The molecule has 1 amide bonds. The van der Waals surface area contributed by atoms with E-state index in [1.54, 1.807) is 4.90 Å². The molecule has 3 rings (SSSR count). The molecule has 0 aromatic heterocycles. The number of carbonyl (C=O) groups excluding carboxylic acids is 1. The van der Waals surface area contributed by atoms with E-state index >= 15 is 0 Å². The Balaban J connectivity index is 1.57. The van der Waals surface area contributed by atoms with E-state index in [4.69, 9.17) is 14.6 Å². The molecule has 1 aliphatic rings. The minimum Gasteiger partial charge on any atom is -0.490 e. The zero-order valence-corrected chi connectivity index (χ0v) is 16.7. The van der Waals surface area contributed by atoms with Gasteiger partial charge in [0.1, 0.15) is 0 Å². The van der Waals surface area contributed by atoms with Crippen LogP contribution in [0, 0.1) is 5.92 Å². The first kappa shape index (κ1) is 20.7. The highest BCUT2D eigenvalue weighted by atomic mass is 16.5. The Hall–Kier alpha value is -3.02. The fraction of sp³-hybridized carbons (Fsp3) is 0.391. The summed E-state index contributed by atoms with van der Waals surface area (Å²) in [6.45, 7) is 3.80. The van der Waals surface area contributed by atoms with Crippen molar-refractivity contribution in [3.8, 4) is 11.5 Å². The number of carbonyl (C=O) groups is 2. The van der Waals surface area contributed by atoms with Gasteiger partial charge in [0.05, 0.1) is 19.1 Å². The number of nitrogens with zero attached hydrogens (tertiary/aromatic N) is 1. The van der Waals surface area contributed by atoms with Crippen molar-refractivity contribution < 1.29 is 24.2 Å². The molecule has 6 heteroatoms. The van der Waals surface area contributed by atoms with Crippen molar-refractivity contribution in [2.45, 2.75) is 26.2 Å². The second-order valence-corrected chi connectivity index (χ2v) is 7.13. The summed E-state index contributed by atoms with van der Waals surface area (Å²) in [6, 6.07) is 16.0. The Kier molecular flexibility index (Phi) is 7.11. The highest BCUT2D eigenvalue weighted by Gasteiger charge is 2.33. The van der Waals surface area contributed by atoms with Gasteiger partial charge in [-0.05, 0) is 36.6 Å². The maximum absolute atomic E-state index is 12.0. The summed E-state index contributed by atoms with van der Waals surface area (Å²) in [5, 5.41) is 9.09. The smallest absolute Gasteiger partial charge is 0.308 e. The highest BCUT2D eigenvalue weighted by Crippen LogP contribution is 2.29. The molecule has 0 saturated carbocycles. The predicted octanol–water partition coefficient (Wildman–Crippen LogP) is 3.18. The third-order valence-electron chi connectivity index (χ3n) is 5.03. The predicted molar refractivity (Wildman–Crippen MR) is 109 cm³/mol. The number of rotatable bonds is 10. The monoisotopic (exact) mass is 397 g/mol. The van der Waals surface area contributed by atoms with Crippen LogP contribution in [0.5, 0.6) is 11.5 Å². The second-order valence-electron chi connectivity index (χ2n) is 7.13. The van der Waals surface area contributed by atoms with E-state index in [1.165, 1.54) is 5.56 Å². The number of carboxylic acids is 1. The van der Waals surface area contributed by atoms with Crippen LogP contribution in [-0.4, -0.2) is 48.2 Å². The third-order valence-corrected chi connectivity index (χ3v) is 5.03. The van der Waals surface area contributed by atoms with E-state index < -0.39 is 11.9 Å². The molecule has 1 atom stereocenters. The molecule has 1 heterocycles. The van der Waals surface area contributed by atoms with Gasteiger partial charge in [0.15, 0.2) is 11.5 Å². The molecule has 2 aromatic carbocycles. The quantitative estimate of drug-likeness (QED) is 0.666. The van der Waals surface area contributed by atoms with Crippen molar-refractivity contribution in [3.63, 3.8) is 0 Å². The number of likely N-dealkylation sites (tertiary alicyclic amines) is 1. The molecule has 2 aromatic rings. The first-order valence-corrected chi connectivity index (χ1v) is 10.00. The minimum absolute atomic E-state index is 0.0910. The standard InChI is InChI=1S/C23H27NO5/c1-2-28-21-14-18(10-12-24-16-19(23(26)27)15-22(24)25)8-9-20(21)29-13-11-17-6-4-3-5-7-17/h3-9,14,19H,2,10-13,15-16H2,1H3,(H,26,27). The number of hydrogen-bond donors (Lipinski definition) is 1. The molecule has 0 spiro atoms. The lowest BCUT2D eigenvalue weighted by Gasteiger charge is -2.17. The van der Waals surface area contributed by atoms with E-state index in [9.17, 15) is 9.59 Å². The molecular weight excluding hydrogens is 370 g/mol. The van der Waals surface area contributed by atoms with Crippen molar-refractivity contribution in [2.24, 2.45) is 5.92 Å². The normalized spacial score (nSPS) is 16.1. The van der Waals surface area contributed by atoms with Gasteiger partial charge in [0.25, 0.3) is 0 Å². The van der Waals surface area contributed by atoms with E-state index in [2.05, 4.69) is 12.1 Å². The first-order chi connectivity index (χ1) is 14.1. The third kappa shape index (κ3) is 5.73. The SMILES string of the molecule is CCOc1cc(CCN2CC(C(=O)O)CC2=O)ccc1OCCc1ccccc1. The number of amides is 1. The van der Waals surface area contributed by atoms with Crippen molar-refractivity contribution in [1.29, 1.82) is 0 Å². The van der Waals surface area contributed by atoms with Crippen LogP contribution < -0.4 is 9.47 Å². The average molecular weight is 397 g/mol. The van der Waals surface area contributed by atoms with Gasteiger partial charge < -0.3 is 19.5 Å². The summed E-state index contributed by atoms with van der Waals surface area (Å²) in [7, 11) is 0. The number of benzene rings is 2. The van der Waals surface area contributed by atoms with Crippen LogP contribution in [0.4, 0.5) is 0 Å². The Labute approximate surface area is 171 Å².